The van der Waals surface area contributed by atoms with Crippen LogP contribution in [0.15, 0.2) is 0 Å². The lowest BCUT2D eigenvalue weighted by Crippen LogP contribution is -2.27. The van der Waals surface area contributed by atoms with Crippen LogP contribution in [0.25, 0.3) is 0 Å². The van der Waals surface area contributed by atoms with E-state index in [0.29, 0.717) is 13.2 Å². The maximum atomic E-state index is 12.0. The molecule has 0 bridgehead atoms. The van der Waals surface area contributed by atoms with Gasteiger partial charge in [0.2, 0.25) is 0 Å². The lowest BCUT2D eigenvalue weighted by atomic mass is 10.1. The van der Waals surface area contributed by atoms with Crippen LogP contribution in [0.3, 0.4) is 0 Å². The van der Waals surface area contributed by atoms with Crippen molar-refractivity contribution in [1.82, 2.24) is 0 Å². The van der Waals surface area contributed by atoms with E-state index in [0.717, 1.165) is 43.9 Å². The Morgan fingerprint density at radius 3 is 2.30 bits per heavy atom. The fourth-order valence-electron chi connectivity index (χ4n) is 1.88. The predicted molar refractivity (Wildman–Crippen MR) is 87.4 cm³/mol. The number of halogens is 1. The number of carbonyl (C=O) groups excluding carboxylic acids is 1. The molecule has 20 heavy (non-hydrogen) atoms. The molecule has 0 heterocycles. The average molecular weight is 351 g/mol. The molecule has 120 valence electrons. The summed E-state index contributed by atoms with van der Waals surface area (Å²) in [6, 6.07) is 0. The van der Waals surface area contributed by atoms with Crippen LogP contribution < -0.4 is 0 Å². The maximum absolute atomic E-state index is 12.0. The Balaban J connectivity index is 3.88. The van der Waals surface area contributed by atoms with E-state index in [1.807, 2.05) is 0 Å². The van der Waals surface area contributed by atoms with E-state index in [2.05, 4.69) is 29.8 Å². The van der Waals surface area contributed by atoms with Gasteiger partial charge in [0, 0.05) is 11.9 Å². The van der Waals surface area contributed by atoms with Crippen molar-refractivity contribution in [3.05, 3.63) is 0 Å². The number of esters is 1. The van der Waals surface area contributed by atoms with Crippen molar-refractivity contribution in [1.29, 1.82) is 0 Å². The Labute approximate surface area is 132 Å². The highest BCUT2D eigenvalue weighted by molar-refractivity contribution is 9.09. The van der Waals surface area contributed by atoms with Crippen LogP contribution in [0.2, 0.25) is 0 Å². The van der Waals surface area contributed by atoms with Crippen LogP contribution >= 0.6 is 15.9 Å². The summed E-state index contributed by atoms with van der Waals surface area (Å²) in [5.74, 6) is -0.177. The summed E-state index contributed by atoms with van der Waals surface area (Å²) < 4.78 is 11.0. The molecule has 0 N–H and O–H groups in total. The van der Waals surface area contributed by atoms with Crippen LogP contribution in [0, 0.1) is 0 Å². The van der Waals surface area contributed by atoms with Crippen LogP contribution in [-0.4, -0.2) is 30.6 Å². The zero-order chi connectivity index (χ0) is 15.1. The molecule has 0 aliphatic carbocycles. The van der Waals surface area contributed by atoms with Gasteiger partial charge < -0.3 is 9.47 Å². The van der Waals surface area contributed by atoms with Gasteiger partial charge in [0.25, 0.3) is 0 Å². The molecular formula is C16H31BrO3. The molecule has 1 atom stereocenters. The van der Waals surface area contributed by atoms with Crippen LogP contribution in [0.1, 0.15) is 71.6 Å². The Kier molecular flexibility index (Phi) is 15.2. The van der Waals surface area contributed by atoms with Crippen molar-refractivity contribution in [3.63, 3.8) is 0 Å². The van der Waals surface area contributed by atoms with Gasteiger partial charge in [0.05, 0.1) is 6.61 Å². The van der Waals surface area contributed by atoms with Gasteiger partial charge in [-0.1, -0.05) is 61.9 Å². The summed E-state index contributed by atoms with van der Waals surface area (Å²) in [6.07, 6.45) is 9.11. The van der Waals surface area contributed by atoms with Crippen LogP contribution in [-0.2, 0) is 14.3 Å². The summed E-state index contributed by atoms with van der Waals surface area (Å²) in [5.41, 5.74) is 0. The zero-order valence-electron chi connectivity index (χ0n) is 13.2. The first-order valence-corrected chi connectivity index (χ1v) is 9.22. The number of rotatable bonds is 14. The van der Waals surface area contributed by atoms with Gasteiger partial charge in [-0.25, -0.2) is 4.79 Å². The standard InChI is InChI=1S/C16H31BrO3/c1-3-5-7-9-13-19-15(11-6-4-2)16(18)20-14-10-8-12-17/h15H,3-14H2,1-2H3. The first-order valence-electron chi connectivity index (χ1n) is 8.10. The van der Waals surface area contributed by atoms with E-state index in [1.165, 1.54) is 19.3 Å². The highest BCUT2D eigenvalue weighted by Crippen LogP contribution is 2.10. The summed E-state index contributed by atoms with van der Waals surface area (Å²) in [6.45, 7) is 5.49. The Hall–Kier alpha value is -0.0900. The minimum absolute atomic E-state index is 0.177. The number of hydrogen-bond donors (Lipinski definition) is 0. The quantitative estimate of drug-likeness (QED) is 0.255. The number of hydrogen-bond acceptors (Lipinski definition) is 3. The lowest BCUT2D eigenvalue weighted by Gasteiger charge is -2.16. The minimum Gasteiger partial charge on any atom is -0.464 e. The number of unbranched alkanes of at least 4 members (excludes halogenated alkanes) is 5. The molecule has 0 saturated heterocycles. The lowest BCUT2D eigenvalue weighted by molar-refractivity contribution is -0.158. The molecule has 0 aliphatic heterocycles. The number of ether oxygens (including phenoxy) is 2. The van der Waals surface area contributed by atoms with Crippen molar-refractivity contribution in [2.24, 2.45) is 0 Å². The van der Waals surface area contributed by atoms with Gasteiger partial charge in [-0.15, -0.1) is 0 Å². The van der Waals surface area contributed by atoms with E-state index in [1.54, 1.807) is 0 Å². The topological polar surface area (TPSA) is 35.5 Å². The molecule has 4 heteroatoms. The Morgan fingerprint density at radius 1 is 0.950 bits per heavy atom. The second-order valence-electron chi connectivity index (χ2n) is 5.13. The molecule has 0 aromatic rings. The summed E-state index contributed by atoms with van der Waals surface area (Å²) in [5, 5.41) is 0.956. The van der Waals surface area contributed by atoms with E-state index in [4.69, 9.17) is 9.47 Å². The molecule has 3 nitrogen and oxygen atoms in total. The smallest absolute Gasteiger partial charge is 0.335 e. The van der Waals surface area contributed by atoms with Gasteiger partial charge in [0.1, 0.15) is 0 Å². The number of alkyl halides is 1. The fourth-order valence-corrected chi connectivity index (χ4v) is 2.27. The molecule has 0 aliphatic rings. The summed E-state index contributed by atoms with van der Waals surface area (Å²) in [4.78, 5) is 12.0. The number of carbonyl (C=O) groups is 1. The molecule has 1 unspecified atom stereocenters. The monoisotopic (exact) mass is 350 g/mol. The van der Waals surface area contributed by atoms with E-state index in [-0.39, 0.29) is 12.1 Å². The first-order chi connectivity index (χ1) is 9.76. The van der Waals surface area contributed by atoms with Gasteiger partial charge >= 0.3 is 5.97 Å². The normalized spacial score (nSPS) is 12.3. The fraction of sp³-hybridized carbons (Fsp3) is 0.938. The third-order valence-electron chi connectivity index (χ3n) is 3.17. The van der Waals surface area contributed by atoms with Crippen molar-refractivity contribution in [3.8, 4) is 0 Å². The molecule has 0 rings (SSSR count). The second kappa shape index (κ2) is 15.3. The summed E-state index contributed by atoms with van der Waals surface area (Å²) >= 11 is 3.37. The molecular weight excluding hydrogens is 320 g/mol. The van der Waals surface area contributed by atoms with Gasteiger partial charge in [-0.05, 0) is 25.7 Å². The molecule has 0 saturated carbocycles. The highest BCUT2D eigenvalue weighted by atomic mass is 79.9. The molecule has 0 amide bonds. The van der Waals surface area contributed by atoms with Gasteiger partial charge in [-0.2, -0.15) is 0 Å². The molecule has 0 aromatic heterocycles. The highest BCUT2D eigenvalue weighted by Gasteiger charge is 2.19. The third-order valence-corrected chi connectivity index (χ3v) is 3.73. The van der Waals surface area contributed by atoms with Crippen LogP contribution in [0.5, 0.6) is 0 Å². The van der Waals surface area contributed by atoms with E-state index < -0.39 is 0 Å². The third kappa shape index (κ3) is 11.7. The second-order valence-corrected chi connectivity index (χ2v) is 5.92. The van der Waals surface area contributed by atoms with Crippen molar-refractivity contribution >= 4 is 21.9 Å². The molecule has 0 spiro atoms. The van der Waals surface area contributed by atoms with Crippen molar-refractivity contribution in [2.75, 3.05) is 18.5 Å². The maximum Gasteiger partial charge on any atom is 0.335 e. The predicted octanol–water partition coefficient (Wildman–Crippen LogP) is 4.86. The van der Waals surface area contributed by atoms with E-state index in [9.17, 15) is 4.79 Å². The Bertz CT molecular complexity index is 222. The SMILES string of the molecule is CCCCCCOC(CCCC)C(=O)OCCCCBr. The minimum atomic E-state index is -0.361. The van der Waals surface area contributed by atoms with Gasteiger partial charge in [0.15, 0.2) is 6.10 Å². The van der Waals surface area contributed by atoms with Crippen molar-refractivity contribution in [2.45, 2.75) is 77.7 Å². The Morgan fingerprint density at radius 2 is 1.65 bits per heavy atom. The summed E-state index contributed by atoms with van der Waals surface area (Å²) in [7, 11) is 0. The van der Waals surface area contributed by atoms with Crippen molar-refractivity contribution < 1.29 is 14.3 Å². The largest absolute Gasteiger partial charge is 0.464 e. The average Bonchev–Trinajstić information content (AvgIpc) is 2.46. The molecule has 0 radical (unpaired) electrons. The van der Waals surface area contributed by atoms with E-state index >= 15 is 0 Å². The molecule has 0 aromatic carbocycles. The zero-order valence-corrected chi connectivity index (χ0v) is 14.8. The molecule has 0 fully saturated rings. The first kappa shape index (κ1) is 19.9. The van der Waals surface area contributed by atoms with Gasteiger partial charge in [-0.3, -0.25) is 0 Å². The van der Waals surface area contributed by atoms with Crippen LogP contribution in [0.4, 0.5) is 0 Å².